The molecule has 0 atom stereocenters. The number of para-hydroxylation sites is 4. The molecular formula is C43H54F6FeNO9P. The van der Waals surface area contributed by atoms with E-state index in [9.17, 15) is 25.2 Å². The van der Waals surface area contributed by atoms with Crippen molar-refractivity contribution in [3.05, 3.63) is 139 Å². The predicted octanol–water partition coefficient (Wildman–Crippen LogP) is 9.45. The molecule has 0 bridgehead atoms. The quantitative estimate of drug-likeness (QED) is 0.0801. The molecule has 5 aromatic carbocycles. The fourth-order valence-corrected chi connectivity index (χ4v) is 4.90. The van der Waals surface area contributed by atoms with Crippen molar-refractivity contribution in [1.29, 1.82) is 0 Å². The Bertz CT molecular complexity index is 1650. The van der Waals surface area contributed by atoms with Gasteiger partial charge in [-0.05, 0) is 48.5 Å². The second-order valence-corrected chi connectivity index (χ2v) is 14.4. The van der Waals surface area contributed by atoms with Gasteiger partial charge in [0.25, 0.3) is 0 Å². The standard InChI is InChI=1S/C24H32O8.C14H16NO.C5H5.F6P.Fe/c1-2-6-22-21(5-1)29-17-13-25-9-10-27-15-19-31-23-7-3-4-8-24(23)32-20-16-28-12-11-26-14-18-30-22;1-16-14-8-6-13(7-9-14)11-15-10-12-4-2-3-5-12;1-2-4-5-3-1;1-7(2,3,4,5)6;/h1-8H,9-20H2;2-9,15H,10-11H2,1H3;1-5H;;/q;3*-1;+2/p+1. The zero-order valence-corrected chi connectivity index (χ0v) is 35.8. The van der Waals surface area contributed by atoms with Crippen LogP contribution in [0.1, 0.15) is 11.1 Å². The summed E-state index contributed by atoms with van der Waals surface area (Å²) in [6, 6.07) is 41.8. The van der Waals surface area contributed by atoms with Crippen molar-refractivity contribution in [2.24, 2.45) is 0 Å². The molecule has 10 nitrogen and oxygen atoms in total. The summed E-state index contributed by atoms with van der Waals surface area (Å²) in [4.78, 5) is 0. The van der Waals surface area contributed by atoms with Crippen molar-refractivity contribution < 1.29 is 90.2 Å². The summed E-state index contributed by atoms with van der Waals surface area (Å²) in [5, 5.41) is 2.30. The average Bonchev–Trinajstić information content (AvgIpc) is 3.98. The summed E-state index contributed by atoms with van der Waals surface area (Å²) in [5.74, 6) is 3.65. The molecule has 0 fully saturated rings. The number of nitrogens with two attached hydrogens (primary N) is 1. The minimum absolute atomic E-state index is 0. The Morgan fingerprint density at radius 2 is 0.869 bits per heavy atom. The summed E-state index contributed by atoms with van der Waals surface area (Å²) >= 11 is 0. The van der Waals surface area contributed by atoms with Gasteiger partial charge in [-0.25, -0.2) is 24.3 Å². The zero-order chi connectivity index (χ0) is 43.3. The SMILES string of the molecule is COc1ccc(C[NH2+]Cc2ccc[cH-]2)cc1.F[P-](F)(F)(F)(F)F.[Fe+2].c1cc[cH-]c1.c1ccc2c(c1)OCCOCCOCCOc1ccccc1OCCOCCOCCO2. The first-order chi connectivity index (χ1) is 28.8. The van der Waals surface area contributed by atoms with Gasteiger partial charge in [0.15, 0.2) is 23.0 Å². The molecule has 1 aliphatic heterocycles. The molecule has 18 heteroatoms. The van der Waals surface area contributed by atoms with Crippen LogP contribution in [0.5, 0.6) is 28.7 Å². The Balaban J connectivity index is 0.000000362. The third-order valence-corrected chi connectivity index (χ3v) is 7.59. The van der Waals surface area contributed by atoms with Gasteiger partial charge in [0.1, 0.15) is 38.7 Å². The molecule has 0 unspecified atom stereocenters. The monoisotopic (exact) mass is 929 g/mol. The van der Waals surface area contributed by atoms with Gasteiger partial charge in [-0.2, -0.15) is 30.3 Å². The van der Waals surface area contributed by atoms with Crippen molar-refractivity contribution in [3.8, 4) is 28.7 Å². The minimum Gasteiger partial charge on any atom is -0.487 e. The molecule has 1 aliphatic rings. The van der Waals surface area contributed by atoms with Gasteiger partial charge in [0.05, 0.1) is 66.5 Å². The number of quaternary nitrogens is 1. The van der Waals surface area contributed by atoms with Crippen molar-refractivity contribution in [2.45, 2.75) is 13.1 Å². The summed E-state index contributed by atoms with van der Waals surface area (Å²) < 4.78 is 110. The predicted molar refractivity (Wildman–Crippen MR) is 218 cm³/mol. The molecule has 6 rings (SSSR count). The van der Waals surface area contributed by atoms with E-state index in [0.29, 0.717) is 102 Å². The number of hydrogen-bond acceptors (Lipinski definition) is 9. The van der Waals surface area contributed by atoms with E-state index in [0.717, 1.165) is 18.8 Å². The third kappa shape index (κ3) is 29.6. The van der Waals surface area contributed by atoms with Gasteiger partial charge < -0.3 is 47.9 Å². The molecule has 0 spiro atoms. The Kier molecular flexibility index (Phi) is 24.5. The Hall–Kier alpha value is -4.31. The fraction of sp³-hybridized carbons (Fsp3) is 0.349. The van der Waals surface area contributed by atoms with Crippen LogP contribution >= 0.6 is 7.81 Å². The van der Waals surface area contributed by atoms with Crippen LogP contribution in [0, 0.1) is 0 Å². The molecule has 1 heterocycles. The first kappa shape index (κ1) is 52.8. The second-order valence-electron chi connectivity index (χ2n) is 12.5. The molecule has 61 heavy (non-hydrogen) atoms. The smallest absolute Gasteiger partial charge is 0.487 e. The van der Waals surface area contributed by atoms with E-state index in [1.54, 1.807) is 7.11 Å². The van der Waals surface area contributed by atoms with Gasteiger partial charge >= 0.3 is 50.1 Å². The fourth-order valence-electron chi connectivity index (χ4n) is 4.90. The van der Waals surface area contributed by atoms with Gasteiger partial charge in [-0.3, -0.25) is 0 Å². The first-order valence-electron chi connectivity index (χ1n) is 19.2. The second kappa shape index (κ2) is 28.3. The topological polar surface area (TPSA) is 99.7 Å². The van der Waals surface area contributed by atoms with Crippen LogP contribution in [0.25, 0.3) is 0 Å². The van der Waals surface area contributed by atoms with E-state index in [1.165, 1.54) is 11.1 Å². The van der Waals surface area contributed by atoms with Crippen LogP contribution in [-0.4, -0.2) is 86.4 Å². The van der Waals surface area contributed by atoms with E-state index in [-0.39, 0.29) is 17.1 Å². The number of benzene rings is 3. The molecule has 0 saturated carbocycles. The van der Waals surface area contributed by atoms with Gasteiger partial charge in [-0.1, -0.05) is 24.3 Å². The number of halogens is 6. The van der Waals surface area contributed by atoms with Crippen LogP contribution in [0.2, 0.25) is 0 Å². The Morgan fingerprint density at radius 3 is 1.18 bits per heavy atom. The van der Waals surface area contributed by atoms with E-state index in [2.05, 4.69) is 41.7 Å². The van der Waals surface area contributed by atoms with Crippen LogP contribution in [0.15, 0.2) is 127 Å². The number of hydrogen-bond donors (Lipinski definition) is 1. The molecule has 0 saturated heterocycles. The zero-order valence-electron chi connectivity index (χ0n) is 33.8. The number of fused-ring (bicyclic) bond motifs is 2. The van der Waals surface area contributed by atoms with E-state index in [4.69, 9.17) is 42.6 Å². The van der Waals surface area contributed by atoms with E-state index in [1.807, 2.05) is 91.0 Å². The van der Waals surface area contributed by atoms with Gasteiger partial charge in [0.2, 0.25) is 0 Å². The molecule has 0 radical (unpaired) electrons. The maximum Gasteiger partial charge on any atom is 2.00 e. The van der Waals surface area contributed by atoms with Crippen molar-refractivity contribution in [2.75, 3.05) is 86.4 Å². The number of methoxy groups -OCH3 is 1. The van der Waals surface area contributed by atoms with Crippen LogP contribution < -0.4 is 29.0 Å². The van der Waals surface area contributed by atoms with E-state index < -0.39 is 7.81 Å². The number of ether oxygens (including phenoxy) is 9. The normalized spacial score (nSPS) is 15.6. The molecule has 0 amide bonds. The van der Waals surface area contributed by atoms with Gasteiger partial charge in [0, 0.05) is 5.56 Å². The number of rotatable bonds is 5. The summed E-state index contributed by atoms with van der Waals surface area (Å²) in [5.41, 5.74) is 2.71. The first-order valence-corrected chi connectivity index (χ1v) is 21.2. The molecule has 0 aromatic heterocycles. The minimum atomic E-state index is -10.7. The Morgan fingerprint density at radius 1 is 0.492 bits per heavy atom. The largest absolute Gasteiger partial charge is 2.00 e. The van der Waals surface area contributed by atoms with Crippen LogP contribution in [0.4, 0.5) is 25.2 Å². The van der Waals surface area contributed by atoms with E-state index >= 15 is 0 Å². The molecule has 340 valence electrons. The van der Waals surface area contributed by atoms with Gasteiger partial charge in [-0.15, -0.1) is 5.56 Å². The third-order valence-electron chi connectivity index (χ3n) is 7.59. The van der Waals surface area contributed by atoms with Crippen LogP contribution in [0.3, 0.4) is 0 Å². The molecule has 0 aliphatic carbocycles. The Labute approximate surface area is 363 Å². The van der Waals surface area contributed by atoms with Crippen molar-refractivity contribution >= 4 is 7.81 Å². The van der Waals surface area contributed by atoms with Crippen molar-refractivity contribution in [1.82, 2.24) is 0 Å². The average molecular weight is 930 g/mol. The summed E-state index contributed by atoms with van der Waals surface area (Å²) in [6.07, 6.45) is 0. The van der Waals surface area contributed by atoms with Crippen LogP contribution in [-0.2, 0) is 49.1 Å². The molecule has 2 N–H and O–H groups in total. The molecule has 5 aromatic rings. The molecular weight excluding hydrogens is 875 g/mol. The van der Waals surface area contributed by atoms with Crippen molar-refractivity contribution in [3.63, 3.8) is 0 Å². The summed E-state index contributed by atoms with van der Waals surface area (Å²) in [6.45, 7) is 7.53. The maximum atomic E-state index is 9.87. The maximum absolute atomic E-state index is 10.7. The summed E-state index contributed by atoms with van der Waals surface area (Å²) in [7, 11) is -8.97.